The minimum atomic E-state index is -3.89. The van der Waals surface area contributed by atoms with Crippen LogP contribution in [0.1, 0.15) is 42.4 Å². The second-order valence-corrected chi connectivity index (χ2v) is 12.5. The second kappa shape index (κ2) is 12.4. The van der Waals surface area contributed by atoms with Crippen molar-refractivity contribution in [2.45, 2.75) is 50.6 Å². The fourth-order valence-corrected chi connectivity index (χ4v) is 7.02. The summed E-state index contributed by atoms with van der Waals surface area (Å²) in [5, 5.41) is 3.53. The number of carbonyl (C=O) groups is 1. The summed E-state index contributed by atoms with van der Waals surface area (Å²) in [5.74, 6) is 0.166. The molecule has 5 nitrogen and oxygen atoms in total. The van der Waals surface area contributed by atoms with Crippen molar-refractivity contribution in [3.8, 4) is 0 Å². The molecule has 0 radical (unpaired) electrons. The molecule has 196 valence electrons. The molecule has 3 aromatic rings. The average molecular weight is 560 g/mol. The maximum absolute atomic E-state index is 13.7. The van der Waals surface area contributed by atoms with E-state index in [1.165, 1.54) is 22.0 Å². The van der Waals surface area contributed by atoms with Crippen molar-refractivity contribution in [2.24, 2.45) is 11.8 Å². The first-order chi connectivity index (χ1) is 17.7. The maximum atomic E-state index is 13.7. The molecule has 0 spiro atoms. The number of nitrogens with zero attached hydrogens (tertiary/aromatic N) is 1. The highest BCUT2D eigenvalue weighted by atomic mass is 35.5. The lowest BCUT2D eigenvalue weighted by Gasteiger charge is -2.32. The van der Waals surface area contributed by atoms with Gasteiger partial charge in [-0.25, -0.2) is 8.42 Å². The molecule has 1 aliphatic rings. The molecular weight excluding hydrogens is 527 g/mol. The first-order valence-electron chi connectivity index (χ1n) is 12.5. The smallest absolute Gasteiger partial charge is 0.244 e. The van der Waals surface area contributed by atoms with Gasteiger partial charge in [-0.2, -0.15) is 4.31 Å². The van der Waals surface area contributed by atoms with Gasteiger partial charge in [-0.1, -0.05) is 83.4 Å². The van der Waals surface area contributed by atoms with Crippen LogP contribution >= 0.6 is 23.2 Å². The molecule has 0 bridgehead atoms. The standard InChI is InChI=1S/C29H32Cl2N2O3S/c1-21-7-9-22(10-8-21)18-32-29(34)25-13-11-24(12-14-25)20-33(19-23-5-3-2-4-6-23)37(35,36)28-17-26(30)15-16-27(28)31/h2-10,15-17,24-25H,11-14,18-20H2,1H3,(H,32,34). The Hall–Kier alpha value is -2.38. The lowest BCUT2D eigenvalue weighted by molar-refractivity contribution is -0.126. The van der Waals surface area contributed by atoms with Crippen LogP contribution in [0.5, 0.6) is 0 Å². The Morgan fingerprint density at radius 2 is 1.59 bits per heavy atom. The van der Waals surface area contributed by atoms with Gasteiger partial charge in [0, 0.05) is 30.6 Å². The zero-order valence-corrected chi connectivity index (χ0v) is 23.2. The molecule has 1 N–H and O–H groups in total. The summed E-state index contributed by atoms with van der Waals surface area (Å²) in [6, 6.07) is 22.2. The van der Waals surface area contributed by atoms with Crippen LogP contribution in [0.25, 0.3) is 0 Å². The van der Waals surface area contributed by atoms with Gasteiger partial charge in [-0.3, -0.25) is 4.79 Å². The SMILES string of the molecule is Cc1ccc(CNC(=O)C2CCC(CN(Cc3ccccc3)S(=O)(=O)c3cc(Cl)ccc3Cl)CC2)cc1. The number of carbonyl (C=O) groups excluding carboxylic acids is 1. The van der Waals surface area contributed by atoms with E-state index >= 15 is 0 Å². The van der Waals surface area contributed by atoms with Gasteiger partial charge in [0.1, 0.15) is 4.90 Å². The summed E-state index contributed by atoms with van der Waals surface area (Å²) in [6.45, 7) is 3.15. The van der Waals surface area contributed by atoms with Crippen molar-refractivity contribution in [3.05, 3.63) is 99.5 Å². The van der Waals surface area contributed by atoms with Crippen LogP contribution in [0.15, 0.2) is 77.7 Å². The summed E-state index contributed by atoms with van der Waals surface area (Å²) >= 11 is 12.4. The Morgan fingerprint density at radius 1 is 0.919 bits per heavy atom. The van der Waals surface area contributed by atoms with Crippen LogP contribution in [0.4, 0.5) is 0 Å². The van der Waals surface area contributed by atoms with Crippen LogP contribution in [-0.2, 0) is 27.9 Å². The minimum Gasteiger partial charge on any atom is -0.352 e. The third-order valence-corrected chi connectivity index (χ3v) is 9.51. The van der Waals surface area contributed by atoms with Crippen LogP contribution in [0, 0.1) is 18.8 Å². The first kappa shape index (κ1) is 27.6. The van der Waals surface area contributed by atoms with Crippen molar-refractivity contribution < 1.29 is 13.2 Å². The summed E-state index contributed by atoms with van der Waals surface area (Å²) in [4.78, 5) is 12.8. The van der Waals surface area contributed by atoms with E-state index in [9.17, 15) is 13.2 Å². The van der Waals surface area contributed by atoms with Crippen molar-refractivity contribution >= 4 is 39.1 Å². The Bertz CT molecular complexity index is 1310. The molecular formula is C29H32Cl2N2O3S. The zero-order valence-electron chi connectivity index (χ0n) is 20.9. The third kappa shape index (κ3) is 7.35. The molecule has 1 amide bonds. The topological polar surface area (TPSA) is 66.5 Å². The number of amides is 1. The number of hydrogen-bond acceptors (Lipinski definition) is 3. The van der Waals surface area contributed by atoms with Crippen molar-refractivity contribution in [2.75, 3.05) is 6.54 Å². The number of sulfonamides is 1. The van der Waals surface area contributed by atoms with Gasteiger partial charge in [-0.15, -0.1) is 0 Å². The van der Waals surface area contributed by atoms with Crippen LogP contribution in [-0.4, -0.2) is 25.2 Å². The Morgan fingerprint density at radius 3 is 2.27 bits per heavy atom. The lowest BCUT2D eigenvalue weighted by atomic mass is 9.81. The van der Waals surface area contributed by atoms with Crippen molar-refractivity contribution in [3.63, 3.8) is 0 Å². The molecule has 0 unspecified atom stereocenters. The fraction of sp³-hybridized carbons (Fsp3) is 0.345. The molecule has 37 heavy (non-hydrogen) atoms. The molecule has 8 heteroatoms. The molecule has 0 aliphatic heterocycles. The van der Waals surface area contributed by atoms with Crippen molar-refractivity contribution in [1.82, 2.24) is 9.62 Å². The molecule has 0 heterocycles. The van der Waals surface area contributed by atoms with Crippen LogP contribution in [0.3, 0.4) is 0 Å². The summed E-state index contributed by atoms with van der Waals surface area (Å²) in [6.07, 6.45) is 3.04. The van der Waals surface area contributed by atoms with Crippen LogP contribution in [0.2, 0.25) is 10.0 Å². The Balaban J connectivity index is 1.41. The predicted octanol–water partition coefficient (Wildman–Crippen LogP) is 6.62. The lowest BCUT2D eigenvalue weighted by Crippen LogP contribution is -2.38. The average Bonchev–Trinajstić information content (AvgIpc) is 2.90. The molecule has 0 atom stereocenters. The quantitative estimate of drug-likeness (QED) is 0.321. The normalized spacial score (nSPS) is 18.1. The van der Waals surface area contributed by atoms with E-state index in [4.69, 9.17) is 23.2 Å². The van der Waals surface area contributed by atoms with Gasteiger partial charge in [0.15, 0.2) is 0 Å². The number of nitrogens with one attached hydrogen (secondary N) is 1. The number of rotatable bonds is 9. The number of benzene rings is 3. The summed E-state index contributed by atoms with van der Waals surface area (Å²) in [5.41, 5.74) is 3.16. The van der Waals surface area contributed by atoms with Gasteiger partial charge >= 0.3 is 0 Å². The second-order valence-electron chi connectivity index (χ2n) is 9.78. The number of hydrogen-bond donors (Lipinski definition) is 1. The van der Waals surface area contributed by atoms with Gasteiger partial charge < -0.3 is 5.32 Å². The van der Waals surface area contributed by atoms with Gasteiger partial charge in [0.25, 0.3) is 0 Å². The van der Waals surface area contributed by atoms with Crippen molar-refractivity contribution in [1.29, 1.82) is 0 Å². The minimum absolute atomic E-state index is 0.0155. The van der Waals surface area contributed by atoms with E-state index < -0.39 is 10.0 Å². The highest BCUT2D eigenvalue weighted by Crippen LogP contribution is 2.33. The molecule has 0 aromatic heterocycles. The van der Waals surface area contributed by atoms with Gasteiger partial charge in [0.05, 0.1) is 5.02 Å². The molecule has 1 aliphatic carbocycles. The molecule has 0 saturated heterocycles. The third-order valence-electron chi connectivity index (χ3n) is 6.98. The highest BCUT2D eigenvalue weighted by Gasteiger charge is 2.32. The fourth-order valence-electron chi connectivity index (χ4n) is 4.78. The number of halogens is 2. The molecule has 1 fully saturated rings. The maximum Gasteiger partial charge on any atom is 0.244 e. The number of aryl methyl sites for hydroxylation is 1. The molecule has 3 aromatic carbocycles. The van der Waals surface area contributed by atoms with Crippen LogP contribution < -0.4 is 5.32 Å². The van der Waals surface area contributed by atoms with E-state index in [0.717, 1.165) is 36.8 Å². The Labute approximate surface area is 229 Å². The van der Waals surface area contributed by atoms with E-state index in [1.807, 2.05) is 61.5 Å². The largest absolute Gasteiger partial charge is 0.352 e. The summed E-state index contributed by atoms with van der Waals surface area (Å²) in [7, 11) is -3.89. The van der Waals surface area contributed by atoms with E-state index in [-0.39, 0.29) is 34.2 Å². The van der Waals surface area contributed by atoms with E-state index in [1.54, 1.807) is 6.07 Å². The zero-order chi connectivity index (χ0) is 26.4. The first-order valence-corrected chi connectivity index (χ1v) is 14.7. The van der Waals surface area contributed by atoms with Gasteiger partial charge in [0.2, 0.25) is 15.9 Å². The van der Waals surface area contributed by atoms with E-state index in [2.05, 4.69) is 5.32 Å². The van der Waals surface area contributed by atoms with E-state index in [0.29, 0.717) is 18.1 Å². The predicted molar refractivity (Wildman–Crippen MR) is 149 cm³/mol. The highest BCUT2D eigenvalue weighted by molar-refractivity contribution is 7.89. The molecule has 4 rings (SSSR count). The van der Waals surface area contributed by atoms with Gasteiger partial charge in [-0.05, 0) is 67.9 Å². The Kier molecular flexibility index (Phi) is 9.30. The summed E-state index contributed by atoms with van der Waals surface area (Å²) < 4.78 is 28.9. The monoisotopic (exact) mass is 558 g/mol. The molecule has 1 saturated carbocycles.